The van der Waals surface area contributed by atoms with Gasteiger partial charge in [0, 0.05) is 26.2 Å². The number of amides is 1. The van der Waals surface area contributed by atoms with Gasteiger partial charge in [-0.05, 0) is 18.7 Å². The van der Waals surface area contributed by atoms with Gasteiger partial charge in [0.05, 0.1) is 12.0 Å². The highest BCUT2D eigenvalue weighted by molar-refractivity contribution is 7.99. The molecule has 0 unspecified atom stereocenters. The number of nitrogens with zero attached hydrogens (tertiary/aromatic N) is 2. The number of sulfonamides is 1. The number of piperazine rings is 1. The molecular formula is C10H21N3O3S2. The van der Waals surface area contributed by atoms with Crippen molar-refractivity contribution in [2.75, 3.05) is 50.5 Å². The topological polar surface area (TPSA) is 83.7 Å². The number of rotatable bonds is 6. The van der Waals surface area contributed by atoms with Gasteiger partial charge in [0.2, 0.25) is 15.9 Å². The molecule has 0 aromatic heterocycles. The Kier molecular flexibility index (Phi) is 6.40. The highest BCUT2D eigenvalue weighted by Gasteiger charge is 2.25. The van der Waals surface area contributed by atoms with Crippen molar-refractivity contribution < 1.29 is 13.2 Å². The first kappa shape index (κ1) is 15.7. The van der Waals surface area contributed by atoms with Crippen LogP contribution in [-0.2, 0) is 14.8 Å². The lowest BCUT2D eigenvalue weighted by Gasteiger charge is -2.33. The normalized spacial score (nSPS) is 18.0. The van der Waals surface area contributed by atoms with Crippen molar-refractivity contribution in [2.24, 2.45) is 5.73 Å². The molecule has 0 radical (unpaired) electrons. The minimum absolute atomic E-state index is 0.0881. The predicted molar refractivity (Wildman–Crippen MR) is 74.0 cm³/mol. The number of carbonyl (C=O) groups is 1. The SMILES string of the molecule is CS(=O)(=O)N1CCN(C(=O)CSCCCN)CC1. The molecule has 0 aromatic carbocycles. The number of carbonyl (C=O) groups excluding carboxylic acids is 1. The Bertz CT molecular complexity index is 365. The minimum atomic E-state index is -3.12. The molecule has 1 rings (SSSR count). The van der Waals surface area contributed by atoms with Gasteiger partial charge in [-0.2, -0.15) is 16.1 Å². The zero-order chi connectivity index (χ0) is 13.6. The third-order valence-corrected chi connectivity index (χ3v) is 5.11. The number of hydrogen-bond acceptors (Lipinski definition) is 5. The fourth-order valence-electron chi connectivity index (χ4n) is 1.71. The molecular weight excluding hydrogens is 274 g/mol. The Morgan fingerprint density at radius 3 is 2.39 bits per heavy atom. The molecule has 2 N–H and O–H groups in total. The van der Waals surface area contributed by atoms with Crippen LogP contribution < -0.4 is 5.73 Å². The molecule has 0 spiro atoms. The van der Waals surface area contributed by atoms with Gasteiger partial charge in [0.25, 0.3) is 0 Å². The summed E-state index contributed by atoms with van der Waals surface area (Å²) in [6.07, 6.45) is 2.12. The molecule has 0 atom stereocenters. The van der Waals surface area contributed by atoms with E-state index in [0.29, 0.717) is 38.5 Å². The molecule has 0 bridgehead atoms. The molecule has 6 nitrogen and oxygen atoms in total. The molecule has 1 heterocycles. The van der Waals surface area contributed by atoms with Crippen molar-refractivity contribution in [3.63, 3.8) is 0 Å². The molecule has 1 aliphatic rings. The van der Waals surface area contributed by atoms with Gasteiger partial charge >= 0.3 is 0 Å². The average molecular weight is 295 g/mol. The molecule has 1 amide bonds. The van der Waals surface area contributed by atoms with E-state index in [1.54, 1.807) is 16.7 Å². The molecule has 1 saturated heterocycles. The van der Waals surface area contributed by atoms with Crippen molar-refractivity contribution in [3.05, 3.63) is 0 Å². The van der Waals surface area contributed by atoms with Crippen LogP contribution >= 0.6 is 11.8 Å². The Morgan fingerprint density at radius 1 is 1.28 bits per heavy atom. The van der Waals surface area contributed by atoms with Crippen LogP contribution in [0.1, 0.15) is 6.42 Å². The van der Waals surface area contributed by atoms with E-state index in [4.69, 9.17) is 5.73 Å². The van der Waals surface area contributed by atoms with Gasteiger partial charge < -0.3 is 10.6 Å². The zero-order valence-corrected chi connectivity index (χ0v) is 12.3. The summed E-state index contributed by atoms with van der Waals surface area (Å²) in [5, 5.41) is 0. The first-order valence-corrected chi connectivity index (χ1v) is 8.96. The van der Waals surface area contributed by atoms with Crippen molar-refractivity contribution >= 4 is 27.7 Å². The molecule has 0 aliphatic carbocycles. The first-order chi connectivity index (χ1) is 8.45. The van der Waals surface area contributed by atoms with Crippen LogP contribution in [0.15, 0.2) is 0 Å². The number of thioether (sulfide) groups is 1. The smallest absolute Gasteiger partial charge is 0.232 e. The van der Waals surface area contributed by atoms with E-state index >= 15 is 0 Å². The quantitative estimate of drug-likeness (QED) is 0.647. The molecule has 106 valence electrons. The standard InChI is InChI=1S/C10H21N3O3S2/c1-18(15,16)13-6-4-12(5-7-13)10(14)9-17-8-2-3-11/h2-9,11H2,1H3. The van der Waals surface area contributed by atoms with Crippen LogP contribution in [-0.4, -0.2) is 74.0 Å². The van der Waals surface area contributed by atoms with Crippen molar-refractivity contribution in [2.45, 2.75) is 6.42 Å². The van der Waals surface area contributed by atoms with Crippen LogP contribution in [0.5, 0.6) is 0 Å². The maximum atomic E-state index is 11.8. The highest BCUT2D eigenvalue weighted by Crippen LogP contribution is 2.09. The lowest BCUT2D eigenvalue weighted by molar-refractivity contribution is -0.129. The summed E-state index contributed by atoms with van der Waals surface area (Å²) in [5.74, 6) is 1.44. The third kappa shape index (κ3) is 5.13. The monoisotopic (exact) mass is 295 g/mol. The van der Waals surface area contributed by atoms with Crippen LogP contribution in [0.2, 0.25) is 0 Å². The molecule has 1 aliphatic heterocycles. The second-order valence-electron chi connectivity index (χ2n) is 4.24. The maximum Gasteiger partial charge on any atom is 0.232 e. The summed E-state index contributed by atoms with van der Waals surface area (Å²) in [5.41, 5.74) is 5.37. The fraction of sp³-hybridized carbons (Fsp3) is 0.900. The van der Waals surface area contributed by atoms with Crippen LogP contribution in [0.25, 0.3) is 0 Å². The molecule has 0 saturated carbocycles. The Hall–Kier alpha value is -0.310. The Morgan fingerprint density at radius 2 is 1.89 bits per heavy atom. The van der Waals surface area contributed by atoms with E-state index in [1.165, 1.54) is 10.6 Å². The Labute approximate surface area is 113 Å². The largest absolute Gasteiger partial charge is 0.339 e. The third-order valence-electron chi connectivity index (χ3n) is 2.78. The van der Waals surface area contributed by atoms with Crippen LogP contribution in [0, 0.1) is 0 Å². The van der Waals surface area contributed by atoms with Crippen molar-refractivity contribution in [3.8, 4) is 0 Å². The van der Waals surface area contributed by atoms with E-state index in [2.05, 4.69) is 0 Å². The van der Waals surface area contributed by atoms with Gasteiger partial charge in [-0.25, -0.2) is 8.42 Å². The van der Waals surface area contributed by atoms with Gasteiger partial charge in [0.15, 0.2) is 0 Å². The fourth-order valence-corrected chi connectivity index (χ4v) is 3.40. The highest BCUT2D eigenvalue weighted by atomic mass is 32.2. The first-order valence-electron chi connectivity index (χ1n) is 5.96. The summed E-state index contributed by atoms with van der Waals surface area (Å²) in [6, 6.07) is 0. The average Bonchev–Trinajstić information content (AvgIpc) is 2.33. The second kappa shape index (κ2) is 7.32. The lowest BCUT2D eigenvalue weighted by Crippen LogP contribution is -2.50. The summed E-state index contributed by atoms with van der Waals surface area (Å²) in [4.78, 5) is 13.6. The molecule has 18 heavy (non-hydrogen) atoms. The summed E-state index contributed by atoms with van der Waals surface area (Å²) in [7, 11) is -3.12. The van der Waals surface area contributed by atoms with Crippen LogP contribution in [0.4, 0.5) is 0 Å². The summed E-state index contributed by atoms with van der Waals surface area (Å²) in [6.45, 7) is 2.43. The van der Waals surface area contributed by atoms with Gasteiger partial charge in [-0.1, -0.05) is 0 Å². The van der Waals surface area contributed by atoms with E-state index in [9.17, 15) is 13.2 Å². The van der Waals surface area contributed by atoms with Crippen molar-refractivity contribution in [1.82, 2.24) is 9.21 Å². The van der Waals surface area contributed by atoms with Gasteiger partial charge in [-0.15, -0.1) is 0 Å². The molecule has 1 fully saturated rings. The molecule has 0 aromatic rings. The van der Waals surface area contributed by atoms with E-state index in [-0.39, 0.29) is 5.91 Å². The maximum absolute atomic E-state index is 11.8. The second-order valence-corrected chi connectivity index (χ2v) is 7.33. The minimum Gasteiger partial charge on any atom is -0.339 e. The molecule has 8 heteroatoms. The zero-order valence-electron chi connectivity index (χ0n) is 10.7. The van der Waals surface area contributed by atoms with Crippen molar-refractivity contribution in [1.29, 1.82) is 0 Å². The Balaban J connectivity index is 2.28. The predicted octanol–water partition coefficient (Wildman–Crippen LogP) is -0.828. The van der Waals surface area contributed by atoms with Gasteiger partial charge in [-0.3, -0.25) is 4.79 Å². The lowest BCUT2D eigenvalue weighted by atomic mass is 10.3. The van der Waals surface area contributed by atoms with E-state index in [1.807, 2.05) is 0 Å². The van der Waals surface area contributed by atoms with Crippen LogP contribution in [0.3, 0.4) is 0 Å². The van der Waals surface area contributed by atoms with Gasteiger partial charge in [0.1, 0.15) is 0 Å². The van der Waals surface area contributed by atoms with E-state index < -0.39 is 10.0 Å². The number of hydrogen-bond donors (Lipinski definition) is 1. The summed E-state index contributed by atoms with van der Waals surface area (Å²) >= 11 is 1.58. The number of nitrogens with two attached hydrogens (primary N) is 1. The summed E-state index contributed by atoms with van der Waals surface area (Å²) < 4.78 is 24.0. The van der Waals surface area contributed by atoms with E-state index in [0.717, 1.165) is 12.2 Å².